The molecule has 0 saturated heterocycles. The van der Waals surface area contributed by atoms with Gasteiger partial charge in [-0.05, 0) is 36.7 Å². The zero-order valence-corrected chi connectivity index (χ0v) is 13.2. The van der Waals surface area contributed by atoms with Crippen LogP contribution in [0.3, 0.4) is 0 Å². The summed E-state index contributed by atoms with van der Waals surface area (Å²) in [6, 6.07) is 12.9. The quantitative estimate of drug-likeness (QED) is 0.762. The molecule has 1 N–H and O–H groups in total. The largest absolute Gasteiger partial charge is 0.496 e. The number of nitrogens with one attached hydrogen (secondary N) is 1. The van der Waals surface area contributed by atoms with Crippen molar-refractivity contribution in [2.24, 2.45) is 0 Å². The number of halogens is 1. The van der Waals surface area contributed by atoms with Crippen molar-refractivity contribution >= 4 is 11.8 Å². The van der Waals surface area contributed by atoms with Crippen molar-refractivity contribution in [3.8, 4) is 5.75 Å². The van der Waals surface area contributed by atoms with Crippen LogP contribution in [0, 0.1) is 5.82 Å². The van der Waals surface area contributed by atoms with Crippen molar-refractivity contribution < 1.29 is 9.13 Å². The summed E-state index contributed by atoms with van der Waals surface area (Å²) < 4.78 is 19.5. The van der Waals surface area contributed by atoms with E-state index >= 15 is 0 Å². The molecule has 0 saturated carbocycles. The monoisotopic (exact) mass is 305 g/mol. The molecule has 0 amide bonds. The lowest BCUT2D eigenvalue weighted by Crippen LogP contribution is -2.14. The van der Waals surface area contributed by atoms with Crippen molar-refractivity contribution in [1.29, 1.82) is 0 Å². The zero-order chi connectivity index (χ0) is 15.1. The highest BCUT2D eigenvalue weighted by Crippen LogP contribution is 2.37. The summed E-state index contributed by atoms with van der Waals surface area (Å²) in [5, 5.41) is 3.32. The average molecular weight is 305 g/mol. The summed E-state index contributed by atoms with van der Waals surface area (Å²) in [6.07, 6.45) is 1.06. The van der Waals surface area contributed by atoms with Gasteiger partial charge in [0.1, 0.15) is 11.6 Å². The maximum absolute atomic E-state index is 14.2. The molecule has 0 heterocycles. The first kappa shape index (κ1) is 15.9. The molecule has 0 aliphatic rings. The summed E-state index contributed by atoms with van der Waals surface area (Å²) in [5.41, 5.74) is 0.972. The lowest BCUT2D eigenvalue weighted by atomic mass is 10.2. The van der Waals surface area contributed by atoms with Gasteiger partial charge in [-0.3, -0.25) is 0 Å². The van der Waals surface area contributed by atoms with E-state index in [4.69, 9.17) is 4.74 Å². The molecule has 0 bridgehead atoms. The normalized spacial score (nSPS) is 10.6. The first-order valence-electron chi connectivity index (χ1n) is 7.05. The van der Waals surface area contributed by atoms with Gasteiger partial charge in [-0.15, -0.1) is 0 Å². The Bertz CT molecular complexity index is 589. The number of benzene rings is 2. The first-order chi connectivity index (χ1) is 10.3. The number of methoxy groups -OCH3 is 1. The molecular weight excluding hydrogens is 285 g/mol. The predicted molar refractivity (Wildman–Crippen MR) is 85.5 cm³/mol. The fourth-order valence-corrected chi connectivity index (χ4v) is 3.08. The third-order valence-corrected chi connectivity index (χ3v) is 4.29. The lowest BCUT2D eigenvalue weighted by Gasteiger charge is -2.13. The van der Waals surface area contributed by atoms with Crippen LogP contribution in [0.1, 0.15) is 18.9 Å². The van der Waals surface area contributed by atoms with Crippen molar-refractivity contribution in [2.45, 2.75) is 29.7 Å². The predicted octanol–water partition coefficient (Wildman–Crippen LogP) is 4.49. The number of para-hydroxylation sites is 1. The van der Waals surface area contributed by atoms with Crippen LogP contribution in [-0.4, -0.2) is 13.7 Å². The molecule has 0 unspecified atom stereocenters. The summed E-state index contributed by atoms with van der Waals surface area (Å²) in [7, 11) is 1.63. The smallest absolute Gasteiger partial charge is 0.137 e. The van der Waals surface area contributed by atoms with Crippen LogP contribution in [0.15, 0.2) is 52.3 Å². The summed E-state index contributed by atoms with van der Waals surface area (Å²) in [6.45, 7) is 3.71. The van der Waals surface area contributed by atoms with Gasteiger partial charge in [-0.1, -0.05) is 43.0 Å². The molecule has 2 rings (SSSR count). The number of hydrogen-bond donors (Lipinski definition) is 1. The standard InChI is InChI=1S/C17H20FNOS/c1-3-11-19-12-13-7-6-8-14(18)17(13)21-16-10-5-4-9-15(16)20-2/h4-10,19H,3,11-12H2,1-2H3. The maximum Gasteiger partial charge on any atom is 0.137 e. The molecule has 21 heavy (non-hydrogen) atoms. The topological polar surface area (TPSA) is 21.3 Å². The van der Waals surface area contributed by atoms with Crippen LogP contribution in [-0.2, 0) is 6.54 Å². The van der Waals surface area contributed by atoms with Gasteiger partial charge in [0.15, 0.2) is 0 Å². The Morgan fingerprint density at radius 3 is 2.71 bits per heavy atom. The van der Waals surface area contributed by atoms with Crippen LogP contribution in [0.25, 0.3) is 0 Å². The van der Waals surface area contributed by atoms with Crippen molar-refractivity contribution in [2.75, 3.05) is 13.7 Å². The summed E-state index contributed by atoms with van der Waals surface area (Å²) in [5.74, 6) is 0.569. The lowest BCUT2D eigenvalue weighted by molar-refractivity contribution is 0.405. The highest BCUT2D eigenvalue weighted by Gasteiger charge is 2.12. The van der Waals surface area contributed by atoms with E-state index in [1.165, 1.54) is 17.8 Å². The molecule has 0 spiro atoms. The second-order valence-corrected chi connectivity index (χ2v) is 5.71. The van der Waals surface area contributed by atoms with E-state index in [2.05, 4.69) is 12.2 Å². The molecular formula is C17H20FNOS. The van der Waals surface area contributed by atoms with Crippen LogP contribution < -0.4 is 10.1 Å². The van der Waals surface area contributed by atoms with E-state index in [0.29, 0.717) is 11.4 Å². The minimum absolute atomic E-state index is 0.193. The molecule has 0 radical (unpaired) electrons. The number of hydrogen-bond acceptors (Lipinski definition) is 3. The molecule has 4 heteroatoms. The van der Waals surface area contributed by atoms with Gasteiger partial charge in [0.2, 0.25) is 0 Å². The van der Waals surface area contributed by atoms with E-state index in [-0.39, 0.29) is 5.82 Å². The van der Waals surface area contributed by atoms with Crippen molar-refractivity contribution in [1.82, 2.24) is 5.32 Å². The molecule has 2 aromatic rings. The highest BCUT2D eigenvalue weighted by atomic mass is 32.2. The zero-order valence-electron chi connectivity index (χ0n) is 12.4. The molecule has 2 nitrogen and oxygen atoms in total. The van der Waals surface area contributed by atoms with Crippen LogP contribution in [0.4, 0.5) is 4.39 Å². The Balaban J connectivity index is 2.25. The molecule has 0 aliphatic heterocycles. The van der Waals surface area contributed by atoms with Crippen LogP contribution in [0.2, 0.25) is 0 Å². The van der Waals surface area contributed by atoms with E-state index in [0.717, 1.165) is 29.2 Å². The number of ether oxygens (including phenoxy) is 1. The van der Waals surface area contributed by atoms with E-state index < -0.39 is 0 Å². The highest BCUT2D eigenvalue weighted by molar-refractivity contribution is 7.99. The van der Waals surface area contributed by atoms with E-state index in [1.807, 2.05) is 30.3 Å². The van der Waals surface area contributed by atoms with Gasteiger partial charge >= 0.3 is 0 Å². The van der Waals surface area contributed by atoms with Gasteiger partial charge in [0, 0.05) is 6.54 Å². The molecule has 0 atom stereocenters. The summed E-state index contributed by atoms with van der Waals surface area (Å²) in [4.78, 5) is 1.58. The van der Waals surface area contributed by atoms with Gasteiger partial charge in [-0.2, -0.15) is 0 Å². The molecule has 112 valence electrons. The fraction of sp³-hybridized carbons (Fsp3) is 0.294. The Morgan fingerprint density at radius 1 is 1.14 bits per heavy atom. The van der Waals surface area contributed by atoms with Crippen LogP contribution >= 0.6 is 11.8 Å². The molecule has 0 aromatic heterocycles. The number of rotatable bonds is 7. The average Bonchev–Trinajstić information content (AvgIpc) is 2.51. The Kier molecular flexibility index (Phi) is 6.08. The van der Waals surface area contributed by atoms with Crippen molar-refractivity contribution in [3.05, 3.63) is 53.8 Å². The fourth-order valence-electron chi connectivity index (χ4n) is 2.02. The third-order valence-electron chi connectivity index (χ3n) is 3.07. The van der Waals surface area contributed by atoms with Crippen molar-refractivity contribution in [3.63, 3.8) is 0 Å². The molecule has 0 fully saturated rings. The first-order valence-corrected chi connectivity index (χ1v) is 7.87. The second-order valence-electron chi connectivity index (χ2n) is 4.66. The molecule has 0 aliphatic carbocycles. The minimum atomic E-state index is -0.193. The van der Waals surface area contributed by atoms with Gasteiger partial charge in [0.25, 0.3) is 0 Å². The maximum atomic E-state index is 14.2. The Labute approximate surface area is 129 Å². The Hall–Kier alpha value is -1.52. The summed E-state index contributed by atoms with van der Waals surface area (Å²) >= 11 is 1.41. The van der Waals surface area contributed by atoms with Gasteiger partial charge < -0.3 is 10.1 Å². The van der Waals surface area contributed by atoms with Gasteiger partial charge in [0.05, 0.1) is 16.9 Å². The molecule has 2 aromatic carbocycles. The third kappa shape index (κ3) is 4.22. The SMILES string of the molecule is CCCNCc1cccc(F)c1Sc1ccccc1OC. The van der Waals surface area contributed by atoms with E-state index in [9.17, 15) is 4.39 Å². The van der Waals surface area contributed by atoms with Gasteiger partial charge in [-0.25, -0.2) is 4.39 Å². The second kappa shape index (κ2) is 8.05. The Morgan fingerprint density at radius 2 is 1.95 bits per heavy atom. The minimum Gasteiger partial charge on any atom is -0.496 e. The van der Waals surface area contributed by atoms with E-state index in [1.54, 1.807) is 13.2 Å². The van der Waals surface area contributed by atoms with Crippen LogP contribution in [0.5, 0.6) is 5.75 Å².